The highest BCUT2D eigenvalue weighted by atomic mass is 16.6. The van der Waals surface area contributed by atoms with Gasteiger partial charge in [-0.25, -0.2) is 0 Å². The Morgan fingerprint density at radius 1 is 1.05 bits per heavy atom. The van der Waals surface area contributed by atoms with Gasteiger partial charge in [0.05, 0.1) is 18.8 Å². The molecule has 2 aromatic rings. The van der Waals surface area contributed by atoms with E-state index in [1.54, 1.807) is 0 Å². The summed E-state index contributed by atoms with van der Waals surface area (Å²) in [6.45, 7) is 0.912. The van der Waals surface area contributed by atoms with Crippen molar-refractivity contribution in [2.75, 3.05) is 18.5 Å². The fraction of sp³-hybridized carbons (Fsp3) is 0.333. The smallest absolute Gasteiger partial charge is 0.152 e. The van der Waals surface area contributed by atoms with Crippen LogP contribution in [0.2, 0.25) is 0 Å². The van der Waals surface area contributed by atoms with Crippen LogP contribution in [0.15, 0.2) is 54.6 Å². The van der Waals surface area contributed by atoms with Gasteiger partial charge in [0.1, 0.15) is 12.4 Å². The van der Waals surface area contributed by atoms with Crippen molar-refractivity contribution in [1.82, 2.24) is 0 Å². The number of hydrogen-bond acceptors (Lipinski definition) is 4. The van der Waals surface area contributed by atoms with Crippen molar-refractivity contribution in [2.24, 2.45) is 0 Å². The molecule has 0 aromatic heterocycles. The first-order valence-corrected chi connectivity index (χ1v) is 7.65. The fourth-order valence-corrected chi connectivity index (χ4v) is 3.40. The number of aliphatic hydroxyl groups excluding tert-OH is 1. The number of hydrogen-bond donors (Lipinski definition) is 2. The third-order valence-electron chi connectivity index (χ3n) is 4.58. The van der Waals surface area contributed by atoms with Crippen molar-refractivity contribution in [3.05, 3.63) is 60.2 Å². The topological polar surface area (TPSA) is 50.7 Å². The average Bonchev–Trinajstić information content (AvgIpc) is 2.93. The van der Waals surface area contributed by atoms with Crippen LogP contribution >= 0.6 is 0 Å². The maximum Gasteiger partial charge on any atom is 0.152 e. The lowest BCUT2D eigenvalue weighted by Crippen LogP contribution is -2.54. The second-order valence-corrected chi connectivity index (χ2v) is 5.88. The van der Waals surface area contributed by atoms with Gasteiger partial charge in [-0.05, 0) is 24.6 Å². The van der Waals surface area contributed by atoms with Crippen LogP contribution < -0.4 is 10.1 Å². The quantitative estimate of drug-likeness (QED) is 0.895. The molecule has 4 rings (SSSR count). The molecule has 4 nitrogen and oxygen atoms in total. The summed E-state index contributed by atoms with van der Waals surface area (Å²) in [4.78, 5) is 0. The molecule has 2 aromatic carbocycles. The highest BCUT2D eigenvalue weighted by Crippen LogP contribution is 2.46. The van der Waals surface area contributed by atoms with Gasteiger partial charge >= 0.3 is 0 Å². The first-order valence-electron chi connectivity index (χ1n) is 7.65. The Hall–Kier alpha value is -2.04. The Labute approximate surface area is 129 Å². The Morgan fingerprint density at radius 3 is 2.59 bits per heavy atom. The molecule has 1 spiro atoms. The maximum atomic E-state index is 10.5. The number of ether oxygens (including phenoxy) is 2. The zero-order chi connectivity index (χ0) is 15.0. The van der Waals surface area contributed by atoms with E-state index in [0.29, 0.717) is 19.6 Å². The predicted molar refractivity (Wildman–Crippen MR) is 84.0 cm³/mol. The number of aliphatic hydroxyl groups is 1. The summed E-state index contributed by atoms with van der Waals surface area (Å²) in [6.07, 6.45) is 0.0976. The second-order valence-electron chi connectivity index (χ2n) is 5.88. The Kier molecular flexibility index (Phi) is 3.28. The molecule has 114 valence electrons. The largest absolute Gasteiger partial charge is 0.490 e. The van der Waals surface area contributed by atoms with Gasteiger partial charge in [0, 0.05) is 11.3 Å². The summed E-state index contributed by atoms with van der Waals surface area (Å²) in [6, 6.07) is 17.8. The van der Waals surface area contributed by atoms with Crippen LogP contribution in [0.25, 0.3) is 0 Å². The van der Waals surface area contributed by atoms with Crippen LogP contribution in [0.5, 0.6) is 5.75 Å². The SMILES string of the molecule is O[C@@H]1CCO[C@@]12COc1ccccc1[C@H]2Nc1ccccc1. The lowest BCUT2D eigenvalue weighted by atomic mass is 9.82. The zero-order valence-corrected chi connectivity index (χ0v) is 12.2. The molecule has 2 heterocycles. The molecule has 22 heavy (non-hydrogen) atoms. The van der Waals surface area contributed by atoms with Crippen LogP contribution in [0.1, 0.15) is 18.0 Å². The molecule has 2 aliphatic heterocycles. The number of rotatable bonds is 2. The van der Waals surface area contributed by atoms with E-state index in [2.05, 4.69) is 5.32 Å². The Bertz CT molecular complexity index is 660. The number of anilines is 1. The normalized spacial score (nSPS) is 29.9. The second kappa shape index (κ2) is 5.30. The van der Waals surface area contributed by atoms with Crippen molar-refractivity contribution in [3.63, 3.8) is 0 Å². The first kappa shape index (κ1) is 13.6. The van der Waals surface area contributed by atoms with Crippen molar-refractivity contribution in [1.29, 1.82) is 0 Å². The van der Waals surface area contributed by atoms with Crippen molar-refractivity contribution >= 4 is 5.69 Å². The minimum atomic E-state index is -0.732. The van der Waals surface area contributed by atoms with Crippen molar-refractivity contribution in [2.45, 2.75) is 24.2 Å². The standard InChI is InChI=1S/C18H19NO3/c20-16-10-11-22-18(16)12-21-15-9-5-4-8-14(15)17(18)19-13-6-2-1-3-7-13/h1-9,16-17,19-20H,10-12H2/t16-,17-,18+/m1/s1. The molecule has 0 radical (unpaired) electrons. The molecular formula is C18H19NO3. The van der Waals surface area contributed by atoms with Crippen LogP contribution in [-0.2, 0) is 4.74 Å². The molecule has 0 amide bonds. The molecule has 2 N–H and O–H groups in total. The van der Waals surface area contributed by atoms with Gasteiger partial charge in [-0.1, -0.05) is 36.4 Å². The molecule has 1 saturated heterocycles. The molecule has 0 unspecified atom stereocenters. The lowest BCUT2D eigenvalue weighted by molar-refractivity contribution is -0.105. The summed E-state index contributed by atoms with van der Waals surface area (Å²) in [7, 11) is 0. The number of nitrogens with one attached hydrogen (secondary N) is 1. The molecule has 0 aliphatic carbocycles. The molecule has 0 bridgehead atoms. The van der Waals surface area contributed by atoms with E-state index in [0.717, 1.165) is 17.0 Å². The molecular weight excluding hydrogens is 278 g/mol. The van der Waals surface area contributed by atoms with E-state index in [1.807, 2.05) is 54.6 Å². The molecule has 2 aliphatic rings. The summed E-state index contributed by atoms with van der Waals surface area (Å²) in [5.41, 5.74) is 1.30. The van der Waals surface area contributed by atoms with E-state index in [1.165, 1.54) is 0 Å². The number of fused-ring (bicyclic) bond motifs is 1. The van der Waals surface area contributed by atoms with E-state index >= 15 is 0 Å². The average molecular weight is 297 g/mol. The molecule has 1 fully saturated rings. The van der Waals surface area contributed by atoms with Crippen molar-refractivity contribution < 1.29 is 14.6 Å². The molecule has 4 heteroatoms. The summed E-state index contributed by atoms with van der Waals surface area (Å²) < 4.78 is 11.9. The first-order chi connectivity index (χ1) is 10.8. The van der Waals surface area contributed by atoms with E-state index in [4.69, 9.17) is 9.47 Å². The van der Waals surface area contributed by atoms with Gasteiger partial charge in [0.2, 0.25) is 0 Å². The van der Waals surface area contributed by atoms with Crippen molar-refractivity contribution in [3.8, 4) is 5.75 Å². The molecule has 0 saturated carbocycles. The summed E-state index contributed by atoms with van der Waals surface area (Å²) in [5, 5.41) is 14.1. The Morgan fingerprint density at radius 2 is 1.82 bits per heavy atom. The van der Waals surface area contributed by atoms with Crippen LogP contribution in [0.3, 0.4) is 0 Å². The highest BCUT2D eigenvalue weighted by Gasteiger charge is 2.54. The van der Waals surface area contributed by atoms with Crippen LogP contribution in [0, 0.1) is 0 Å². The fourth-order valence-electron chi connectivity index (χ4n) is 3.40. The summed E-state index contributed by atoms with van der Waals surface area (Å²) >= 11 is 0. The maximum absolute atomic E-state index is 10.5. The predicted octanol–water partition coefficient (Wildman–Crippen LogP) is 2.75. The summed E-state index contributed by atoms with van der Waals surface area (Å²) in [5.74, 6) is 0.851. The van der Waals surface area contributed by atoms with Gasteiger partial charge in [-0.2, -0.15) is 0 Å². The lowest BCUT2D eigenvalue weighted by Gasteiger charge is -2.43. The van der Waals surface area contributed by atoms with E-state index in [-0.39, 0.29) is 6.04 Å². The molecule has 3 atom stereocenters. The highest BCUT2D eigenvalue weighted by molar-refractivity contribution is 5.51. The Balaban J connectivity index is 1.77. The minimum Gasteiger partial charge on any atom is -0.490 e. The number of para-hydroxylation sites is 2. The van der Waals surface area contributed by atoms with Gasteiger partial charge in [-0.15, -0.1) is 0 Å². The zero-order valence-electron chi connectivity index (χ0n) is 12.2. The van der Waals surface area contributed by atoms with Gasteiger partial charge in [0.15, 0.2) is 5.60 Å². The monoisotopic (exact) mass is 297 g/mol. The van der Waals surface area contributed by atoms with Crippen LogP contribution in [-0.4, -0.2) is 30.0 Å². The van der Waals surface area contributed by atoms with E-state index < -0.39 is 11.7 Å². The van der Waals surface area contributed by atoms with E-state index in [9.17, 15) is 5.11 Å². The number of benzene rings is 2. The third-order valence-corrected chi connectivity index (χ3v) is 4.58. The van der Waals surface area contributed by atoms with Crippen LogP contribution in [0.4, 0.5) is 5.69 Å². The van der Waals surface area contributed by atoms with Gasteiger partial charge in [-0.3, -0.25) is 0 Å². The van der Waals surface area contributed by atoms with Gasteiger partial charge in [0.25, 0.3) is 0 Å². The third kappa shape index (κ3) is 2.07. The minimum absolute atomic E-state index is 0.141. The van der Waals surface area contributed by atoms with Gasteiger partial charge < -0.3 is 19.9 Å².